The van der Waals surface area contributed by atoms with Gasteiger partial charge in [0.05, 0.1) is 21.1 Å². The summed E-state index contributed by atoms with van der Waals surface area (Å²) in [6, 6.07) is 0. The van der Waals surface area contributed by atoms with E-state index >= 15 is 0 Å². The van der Waals surface area contributed by atoms with E-state index in [1.54, 1.807) is 0 Å². The van der Waals surface area contributed by atoms with Gasteiger partial charge in [-0.05, 0) is 12.8 Å². The number of quaternary nitrogens is 1. The van der Waals surface area contributed by atoms with Gasteiger partial charge in [-0.3, -0.25) is 4.79 Å². The first kappa shape index (κ1) is 25.0. The first-order valence-electron chi connectivity index (χ1n) is 10.2. The van der Waals surface area contributed by atoms with Crippen molar-refractivity contribution in [1.29, 1.82) is 0 Å². The third-order valence-corrected chi connectivity index (χ3v) is 5.66. The largest absolute Gasteiger partial charge is 0.381 e. The fourth-order valence-corrected chi connectivity index (χ4v) is 3.99. The molecule has 0 aliphatic rings. The number of rotatable bonds is 18. The van der Waals surface area contributed by atoms with E-state index in [2.05, 4.69) is 6.92 Å². The van der Waals surface area contributed by atoms with Gasteiger partial charge in [0.25, 0.3) is 0 Å². The molecule has 0 aliphatic heterocycles. The molecule has 4 nitrogen and oxygen atoms in total. The number of unbranched alkanes of at least 4 members (excludes halogenated alkanes) is 9. The summed E-state index contributed by atoms with van der Waals surface area (Å²) in [6.07, 6.45) is 14.7. The molecule has 0 fully saturated rings. The Balaban J connectivity index is 3.29. The predicted molar refractivity (Wildman–Crippen MR) is 109 cm³/mol. The average Bonchev–Trinajstić information content (AvgIpc) is 2.53. The molecule has 150 valence electrons. The summed E-state index contributed by atoms with van der Waals surface area (Å²) in [5.74, 6) is 0. The van der Waals surface area contributed by atoms with Crippen molar-refractivity contribution in [3.05, 3.63) is 0 Å². The molecular weight excluding hydrogens is 333 g/mol. The van der Waals surface area contributed by atoms with Gasteiger partial charge in [0.15, 0.2) is 0 Å². The van der Waals surface area contributed by atoms with E-state index in [0.29, 0.717) is 23.8 Å². The molecule has 0 saturated carbocycles. The topological polar surface area (TPSA) is 46.5 Å². The van der Waals surface area contributed by atoms with Crippen LogP contribution in [-0.2, 0) is 9.53 Å². The minimum atomic E-state index is -1.48. The van der Waals surface area contributed by atoms with Crippen LogP contribution in [0.2, 0.25) is 0 Å². The smallest absolute Gasteiger partial charge is 0.234 e. The molecule has 1 unspecified atom stereocenters. The first-order chi connectivity index (χ1) is 11.9. The molecule has 1 N–H and O–H groups in total. The van der Waals surface area contributed by atoms with Gasteiger partial charge in [-0.2, -0.15) is 0 Å². The van der Waals surface area contributed by atoms with Gasteiger partial charge < -0.3 is 14.1 Å². The van der Waals surface area contributed by atoms with E-state index in [0.717, 1.165) is 19.4 Å². The summed E-state index contributed by atoms with van der Waals surface area (Å²) in [4.78, 5) is 21.8. The quantitative estimate of drug-likeness (QED) is 0.209. The SMILES string of the molecule is CCCCCCCCCCCCOCCCP(O)C(=O)C[N+](C)(C)C. The molecular formula is C20H43NO3P+. The molecule has 0 aromatic rings. The van der Waals surface area contributed by atoms with E-state index in [4.69, 9.17) is 4.74 Å². The summed E-state index contributed by atoms with van der Waals surface area (Å²) in [6.45, 7) is 4.14. The molecule has 0 spiro atoms. The second kappa shape index (κ2) is 16.2. The van der Waals surface area contributed by atoms with Crippen molar-refractivity contribution in [2.75, 3.05) is 47.1 Å². The number of carbonyl (C=O) groups excluding carboxylic acids is 1. The Morgan fingerprint density at radius 1 is 0.840 bits per heavy atom. The zero-order valence-electron chi connectivity index (χ0n) is 17.3. The van der Waals surface area contributed by atoms with Crippen molar-refractivity contribution in [2.45, 2.75) is 77.6 Å². The first-order valence-corrected chi connectivity index (χ1v) is 11.7. The fourth-order valence-electron chi connectivity index (χ4n) is 2.72. The molecule has 0 amide bonds. The monoisotopic (exact) mass is 376 g/mol. The lowest BCUT2D eigenvalue weighted by Crippen LogP contribution is -2.39. The van der Waals surface area contributed by atoms with Crippen LogP contribution < -0.4 is 0 Å². The Kier molecular flexibility index (Phi) is 16.2. The van der Waals surface area contributed by atoms with Crippen LogP contribution in [0.5, 0.6) is 0 Å². The number of nitrogens with zero attached hydrogens (tertiary/aromatic N) is 1. The normalized spacial score (nSPS) is 13.2. The Bertz CT molecular complexity index is 319. The van der Waals surface area contributed by atoms with E-state index in [1.165, 1.54) is 57.8 Å². The molecule has 1 atom stereocenters. The van der Waals surface area contributed by atoms with Crippen LogP contribution in [0.4, 0.5) is 0 Å². The maximum absolute atomic E-state index is 11.8. The van der Waals surface area contributed by atoms with Gasteiger partial charge in [-0.15, -0.1) is 0 Å². The number of hydrogen-bond donors (Lipinski definition) is 1. The fraction of sp³-hybridized carbons (Fsp3) is 0.950. The molecule has 25 heavy (non-hydrogen) atoms. The third-order valence-electron chi connectivity index (χ3n) is 4.20. The molecule has 0 bridgehead atoms. The molecule has 0 radical (unpaired) electrons. The van der Waals surface area contributed by atoms with Crippen LogP contribution in [0.3, 0.4) is 0 Å². The maximum Gasteiger partial charge on any atom is 0.234 e. The summed E-state index contributed by atoms with van der Waals surface area (Å²) in [5, 5.41) is 0. The Morgan fingerprint density at radius 3 is 1.84 bits per heavy atom. The summed E-state index contributed by atoms with van der Waals surface area (Å²) in [7, 11) is 4.43. The van der Waals surface area contributed by atoms with Crippen LogP contribution >= 0.6 is 8.15 Å². The minimum absolute atomic E-state index is 0.00260. The molecule has 5 heteroatoms. The van der Waals surface area contributed by atoms with Crippen molar-refractivity contribution in [2.24, 2.45) is 0 Å². The zero-order valence-corrected chi connectivity index (χ0v) is 18.2. The molecule has 0 aromatic carbocycles. The van der Waals surface area contributed by atoms with Crippen LogP contribution in [0.1, 0.15) is 77.6 Å². The van der Waals surface area contributed by atoms with E-state index < -0.39 is 8.15 Å². The van der Waals surface area contributed by atoms with Gasteiger partial charge in [0.2, 0.25) is 5.52 Å². The standard InChI is InChI=1S/C20H43NO3P/c1-5-6-7-8-9-10-11-12-13-14-16-24-17-15-18-25(23)20(22)19-21(2,3)4/h23H,5-19H2,1-4H3/q+1. The highest BCUT2D eigenvalue weighted by molar-refractivity contribution is 7.69. The van der Waals surface area contributed by atoms with E-state index in [-0.39, 0.29) is 5.52 Å². The van der Waals surface area contributed by atoms with Crippen LogP contribution in [0.25, 0.3) is 0 Å². The van der Waals surface area contributed by atoms with Gasteiger partial charge >= 0.3 is 0 Å². The lowest BCUT2D eigenvalue weighted by Gasteiger charge is -2.23. The third kappa shape index (κ3) is 18.6. The molecule has 0 aromatic heterocycles. The Labute approximate surface area is 157 Å². The lowest BCUT2D eigenvalue weighted by molar-refractivity contribution is -0.861. The molecule has 0 aliphatic carbocycles. The van der Waals surface area contributed by atoms with Crippen LogP contribution in [-0.4, -0.2) is 62.0 Å². The number of hydrogen-bond acceptors (Lipinski definition) is 3. The van der Waals surface area contributed by atoms with E-state index in [1.807, 2.05) is 21.1 Å². The van der Waals surface area contributed by atoms with Gasteiger partial charge in [0, 0.05) is 19.4 Å². The minimum Gasteiger partial charge on any atom is -0.381 e. The van der Waals surface area contributed by atoms with Crippen molar-refractivity contribution < 1.29 is 18.9 Å². The van der Waals surface area contributed by atoms with E-state index in [9.17, 15) is 9.69 Å². The highest BCUT2D eigenvalue weighted by Crippen LogP contribution is 2.32. The maximum atomic E-state index is 11.8. The van der Waals surface area contributed by atoms with Crippen LogP contribution in [0.15, 0.2) is 0 Å². The number of carbonyl (C=O) groups is 1. The van der Waals surface area contributed by atoms with Crippen molar-refractivity contribution in [3.63, 3.8) is 0 Å². The Hall–Kier alpha value is -0.0200. The van der Waals surface area contributed by atoms with Crippen LogP contribution in [0, 0.1) is 0 Å². The van der Waals surface area contributed by atoms with Gasteiger partial charge in [-0.1, -0.05) is 64.7 Å². The number of likely N-dealkylation sites (N-methyl/N-ethyl adjacent to an activating group) is 1. The predicted octanol–water partition coefficient (Wildman–Crippen LogP) is 4.94. The highest BCUT2D eigenvalue weighted by Gasteiger charge is 2.21. The highest BCUT2D eigenvalue weighted by atomic mass is 31.1. The van der Waals surface area contributed by atoms with Gasteiger partial charge in [0.1, 0.15) is 14.7 Å². The van der Waals surface area contributed by atoms with Gasteiger partial charge in [-0.25, -0.2) is 0 Å². The van der Waals surface area contributed by atoms with Crippen molar-refractivity contribution >= 4 is 13.7 Å². The molecule has 0 rings (SSSR count). The Morgan fingerprint density at radius 2 is 1.32 bits per heavy atom. The summed E-state index contributed by atoms with van der Waals surface area (Å²) >= 11 is 0. The second-order valence-electron chi connectivity index (χ2n) is 8.11. The van der Waals surface area contributed by atoms with Crippen molar-refractivity contribution in [3.8, 4) is 0 Å². The second-order valence-corrected chi connectivity index (χ2v) is 9.86. The molecule has 0 saturated heterocycles. The summed E-state index contributed by atoms with van der Waals surface area (Å²) in [5.41, 5.74) is -0.00260. The summed E-state index contributed by atoms with van der Waals surface area (Å²) < 4.78 is 6.20. The average molecular weight is 377 g/mol. The molecule has 0 heterocycles. The van der Waals surface area contributed by atoms with Crippen molar-refractivity contribution in [1.82, 2.24) is 0 Å². The lowest BCUT2D eigenvalue weighted by atomic mass is 10.1. The zero-order chi connectivity index (χ0) is 19.0. The number of ether oxygens (including phenoxy) is 1.